The zero-order chi connectivity index (χ0) is 15.8. The minimum atomic E-state index is -4.70. The van der Waals surface area contributed by atoms with E-state index in [9.17, 15) is 28.2 Å². The van der Waals surface area contributed by atoms with Crippen molar-refractivity contribution in [2.24, 2.45) is 0 Å². The first-order valence-corrected chi connectivity index (χ1v) is 6.59. The van der Waals surface area contributed by atoms with Gasteiger partial charge in [0.05, 0.1) is 5.02 Å². The summed E-state index contributed by atoms with van der Waals surface area (Å²) in [7, 11) is 0. The van der Waals surface area contributed by atoms with Gasteiger partial charge in [0.25, 0.3) is 5.91 Å². The van der Waals surface area contributed by atoms with Crippen molar-refractivity contribution in [3.63, 3.8) is 0 Å². The molecule has 0 atom stereocenters. The number of aromatic hydroxyl groups is 1. The molecule has 116 valence electrons. The first kappa shape index (κ1) is 15.9. The number of benzene rings is 1. The average molecular weight is 324 g/mol. The van der Waals surface area contributed by atoms with E-state index in [-0.39, 0.29) is 29.4 Å². The Hall–Kier alpha value is -1.47. The average Bonchev–Trinajstić information content (AvgIpc) is 2.41. The summed E-state index contributed by atoms with van der Waals surface area (Å²) in [5.41, 5.74) is -2.56. The second-order valence-electron chi connectivity index (χ2n) is 4.99. The molecule has 8 heteroatoms. The Morgan fingerprint density at radius 1 is 1.29 bits per heavy atom. The van der Waals surface area contributed by atoms with Gasteiger partial charge in [0.2, 0.25) is 0 Å². The lowest BCUT2D eigenvalue weighted by molar-refractivity contribution is -0.271. The molecule has 0 bridgehead atoms. The Bertz CT molecular complexity index is 554. The third kappa shape index (κ3) is 3.08. The highest BCUT2D eigenvalue weighted by atomic mass is 35.5. The number of aliphatic hydroxyl groups is 1. The normalized spacial score (nSPS) is 18.6. The number of phenols is 1. The summed E-state index contributed by atoms with van der Waals surface area (Å²) in [5, 5.41) is 18.8. The molecule has 2 N–H and O–H groups in total. The molecule has 1 amide bonds. The van der Waals surface area contributed by atoms with Gasteiger partial charge in [0.1, 0.15) is 5.75 Å². The Morgan fingerprint density at radius 3 is 2.33 bits per heavy atom. The van der Waals surface area contributed by atoms with Crippen molar-refractivity contribution in [2.75, 3.05) is 13.1 Å². The standard InChI is InChI=1S/C13H13ClF3NO3/c14-9-7-8(1-2-10(9)19)11(20)18-5-3-12(21,4-6-18)13(15,16)17/h1-2,7,19,21H,3-6H2. The molecule has 0 radical (unpaired) electrons. The van der Waals surface area contributed by atoms with Gasteiger partial charge in [-0.3, -0.25) is 4.79 Å². The summed E-state index contributed by atoms with van der Waals surface area (Å²) in [4.78, 5) is 13.4. The van der Waals surface area contributed by atoms with Crippen LogP contribution < -0.4 is 0 Å². The van der Waals surface area contributed by atoms with E-state index in [0.717, 1.165) is 0 Å². The number of hydrogen-bond acceptors (Lipinski definition) is 3. The maximum Gasteiger partial charge on any atom is 0.417 e. The summed E-state index contributed by atoms with van der Waals surface area (Å²) < 4.78 is 38.0. The molecule has 4 nitrogen and oxygen atoms in total. The van der Waals surface area contributed by atoms with Crippen LogP contribution in [0.1, 0.15) is 23.2 Å². The fourth-order valence-electron chi connectivity index (χ4n) is 2.19. The molecular weight excluding hydrogens is 311 g/mol. The maximum atomic E-state index is 12.7. The smallest absolute Gasteiger partial charge is 0.417 e. The lowest BCUT2D eigenvalue weighted by Crippen LogP contribution is -2.54. The number of phenolic OH excluding ortho intramolecular Hbond substituents is 1. The summed E-state index contributed by atoms with van der Waals surface area (Å²) in [6.07, 6.45) is -5.83. The summed E-state index contributed by atoms with van der Waals surface area (Å²) in [6.45, 7) is -0.402. The van der Waals surface area contributed by atoms with E-state index in [0.29, 0.717) is 0 Å². The SMILES string of the molecule is O=C(c1ccc(O)c(Cl)c1)N1CCC(O)(C(F)(F)F)CC1. The fourth-order valence-corrected chi connectivity index (χ4v) is 2.37. The number of carbonyl (C=O) groups excluding carboxylic acids is 1. The Kier molecular flexibility index (Phi) is 4.08. The van der Waals surface area contributed by atoms with Gasteiger partial charge in [-0.05, 0) is 18.2 Å². The number of rotatable bonds is 1. The lowest BCUT2D eigenvalue weighted by atomic mass is 9.90. The van der Waals surface area contributed by atoms with E-state index in [1.165, 1.54) is 23.1 Å². The molecule has 1 fully saturated rings. The minimum absolute atomic E-state index is 0.00958. The topological polar surface area (TPSA) is 60.8 Å². The van der Waals surface area contributed by atoms with Crippen molar-refractivity contribution < 1.29 is 28.2 Å². The van der Waals surface area contributed by atoms with Crippen LogP contribution in [0.2, 0.25) is 5.02 Å². The molecule has 1 aromatic rings. The van der Waals surface area contributed by atoms with Crippen LogP contribution in [0.25, 0.3) is 0 Å². The highest BCUT2D eigenvalue weighted by molar-refractivity contribution is 6.32. The van der Waals surface area contributed by atoms with Crippen molar-refractivity contribution in [3.05, 3.63) is 28.8 Å². The zero-order valence-corrected chi connectivity index (χ0v) is 11.6. The molecule has 21 heavy (non-hydrogen) atoms. The van der Waals surface area contributed by atoms with Crippen LogP contribution in [-0.4, -0.2) is 45.9 Å². The summed E-state index contributed by atoms with van der Waals surface area (Å²) >= 11 is 5.69. The first-order valence-electron chi connectivity index (χ1n) is 6.21. The van der Waals surface area contributed by atoms with E-state index in [1.54, 1.807) is 0 Å². The molecule has 0 saturated carbocycles. The Balaban J connectivity index is 2.08. The van der Waals surface area contributed by atoms with Crippen LogP contribution in [0.5, 0.6) is 5.75 Å². The number of halogens is 4. The Labute approximate surface area is 123 Å². The first-order chi connectivity index (χ1) is 9.64. The van der Waals surface area contributed by atoms with Crippen LogP contribution in [0.3, 0.4) is 0 Å². The van der Waals surface area contributed by atoms with Gasteiger partial charge >= 0.3 is 6.18 Å². The van der Waals surface area contributed by atoms with Gasteiger partial charge < -0.3 is 15.1 Å². The molecule has 2 rings (SSSR count). The van der Waals surface area contributed by atoms with Gasteiger partial charge in [0.15, 0.2) is 5.60 Å². The molecule has 0 spiro atoms. The van der Waals surface area contributed by atoms with Crippen molar-refractivity contribution in [1.29, 1.82) is 0 Å². The molecular formula is C13H13ClF3NO3. The summed E-state index contributed by atoms with van der Waals surface area (Å²) in [5.74, 6) is -0.667. The number of carbonyl (C=O) groups is 1. The number of alkyl halides is 3. The van der Waals surface area contributed by atoms with E-state index in [2.05, 4.69) is 0 Å². The van der Waals surface area contributed by atoms with E-state index in [1.807, 2.05) is 0 Å². The number of amides is 1. The molecule has 0 unspecified atom stereocenters. The van der Waals surface area contributed by atoms with E-state index in [4.69, 9.17) is 11.6 Å². The number of nitrogens with zero attached hydrogens (tertiary/aromatic N) is 1. The monoisotopic (exact) mass is 323 g/mol. The third-order valence-corrected chi connectivity index (χ3v) is 3.90. The highest BCUT2D eigenvalue weighted by Crippen LogP contribution is 2.38. The van der Waals surface area contributed by atoms with Crippen molar-refractivity contribution >= 4 is 17.5 Å². The third-order valence-electron chi connectivity index (χ3n) is 3.60. The minimum Gasteiger partial charge on any atom is -0.506 e. The van der Waals surface area contributed by atoms with Crippen LogP contribution in [-0.2, 0) is 0 Å². The second kappa shape index (κ2) is 5.38. The Morgan fingerprint density at radius 2 is 1.86 bits per heavy atom. The van der Waals surface area contributed by atoms with Gasteiger partial charge in [-0.1, -0.05) is 11.6 Å². The van der Waals surface area contributed by atoms with E-state index < -0.39 is 30.5 Å². The number of hydrogen-bond donors (Lipinski definition) is 2. The van der Waals surface area contributed by atoms with E-state index >= 15 is 0 Å². The predicted molar refractivity (Wildman–Crippen MR) is 69.3 cm³/mol. The second-order valence-corrected chi connectivity index (χ2v) is 5.39. The van der Waals surface area contributed by atoms with Gasteiger partial charge in [0, 0.05) is 31.5 Å². The molecule has 1 heterocycles. The highest BCUT2D eigenvalue weighted by Gasteiger charge is 2.54. The van der Waals surface area contributed by atoms with Crippen LogP contribution in [0.15, 0.2) is 18.2 Å². The zero-order valence-electron chi connectivity index (χ0n) is 10.8. The predicted octanol–water partition coefficient (Wildman–Crippen LogP) is 2.58. The van der Waals surface area contributed by atoms with Crippen LogP contribution in [0.4, 0.5) is 13.2 Å². The molecule has 1 aliphatic rings. The van der Waals surface area contributed by atoms with Gasteiger partial charge in [-0.15, -0.1) is 0 Å². The molecule has 1 aliphatic heterocycles. The lowest BCUT2D eigenvalue weighted by Gasteiger charge is -2.39. The molecule has 1 aromatic carbocycles. The molecule has 0 aliphatic carbocycles. The maximum absolute atomic E-state index is 12.7. The van der Waals surface area contributed by atoms with Crippen molar-refractivity contribution in [3.8, 4) is 5.75 Å². The van der Waals surface area contributed by atoms with Gasteiger partial charge in [-0.2, -0.15) is 13.2 Å². The van der Waals surface area contributed by atoms with Crippen molar-refractivity contribution in [2.45, 2.75) is 24.6 Å². The number of piperidine rings is 1. The molecule has 0 aromatic heterocycles. The van der Waals surface area contributed by atoms with Crippen molar-refractivity contribution in [1.82, 2.24) is 4.90 Å². The quantitative estimate of drug-likeness (QED) is 0.835. The van der Waals surface area contributed by atoms with Gasteiger partial charge in [-0.25, -0.2) is 0 Å². The van der Waals surface area contributed by atoms with Crippen LogP contribution in [0, 0.1) is 0 Å². The van der Waals surface area contributed by atoms with Crippen LogP contribution >= 0.6 is 11.6 Å². The number of likely N-dealkylation sites (tertiary alicyclic amines) is 1. The fraction of sp³-hybridized carbons (Fsp3) is 0.462. The molecule has 1 saturated heterocycles. The summed E-state index contributed by atoms with van der Waals surface area (Å²) in [6, 6.07) is 3.84. The largest absolute Gasteiger partial charge is 0.506 e.